The van der Waals surface area contributed by atoms with Gasteiger partial charge < -0.3 is 23.9 Å². The summed E-state index contributed by atoms with van der Waals surface area (Å²) >= 11 is 0. The molecule has 2 aromatic rings. The highest BCUT2D eigenvalue weighted by Crippen LogP contribution is 2.46. The molecular weight excluding hydrogens is 362 g/mol. The molecule has 0 fully saturated rings. The quantitative estimate of drug-likeness (QED) is 0.730. The summed E-state index contributed by atoms with van der Waals surface area (Å²) in [4.78, 5) is 19.5. The predicted octanol–water partition coefficient (Wildman–Crippen LogP) is 2.82. The molecule has 0 saturated carbocycles. The third-order valence-corrected chi connectivity index (χ3v) is 4.46. The summed E-state index contributed by atoms with van der Waals surface area (Å²) in [5.74, 6) is 1.35. The van der Waals surface area contributed by atoms with Crippen LogP contribution in [0.25, 0.3) is 11.4 Å². The van der Waals surface area contributed by atoms with Gasteiger partial charge in [0.15, 0.2) is 11.5 Å². The Balaban J connectivity index is 2.09. The fraction of sp³-hybridized carbons (Fsp3) is 0.450. The Morgan fingerprint density at radius 3 is 2.75 bits per heavy atom. The van der Waals surface area contributed by atoms with Gasteiger partial charge in [-0.3, -0.25) is 4.79 Å². The zero-order valence-electron chi connectivity index (χ0n) is 16.4. The molecule has 28 heavy (non-hydrogen) atoms. The number of ether oxygens (including phenoxy) is 4. The third kappa shape index (κ3) is 3.66. The van der Waals surface area contributed by atoms with Crippen LogP contribution < -0.4 is 19.8 Å². The minimum atomic E-state index is -0.461. The molecule has 0 spiro atoms. The fourth-order valence-corrected chi connectivity index (χ4v) is 3.11. The van der Waals surface area contributed by atoms with Crippen LogP contribution in [0.2, 0.25) is 0 Å². The number of hydrogen-bond acceptors (Lipinski definition) is 7. The SMILES string of the molecule is COCCCOc1cc2c(nc1OC)-c1[nH]c(=O)c(C#N)cc1[C@@H](C(C)C)O2. The van der Waals surface area contributed by atoms with Crippen LogP contribution in [-0.4, -0.2) is 37.4 Å². The van der Waals surface area contributed by atoms with Crippen molar-refractivity contribution in [3.05, 3.63) is 33.6 Å². The molecule has 0 radical (unpaired) electrons. The number of hydrogen-bond donors (Lipinski definition) is 1. The zero-order chi connectivity index (χ0) is 20.3. The average molecular weight is 385 g/mol. The number of rotatable bonds is 7. The number of aromatic nitrogens is 2. The van der Waals surface area contributed by atoms with Gasteiger partial charge in [0.2, 0.25) is 0 Å². The lowest BCUT2D eigenvalue weighted by Gasteiger charge is -2.30. The van der Waals surface area contributed by atoms with E-state index in [1.807, 2.05) is 19.9 Å². The van der Waals surface area contributed by atoms with Crippen molar-refractivity contribution in [1.29, 1.82) is 5.26 Å². The first-order valence-electron chi connectivity index (χ1n) is 9.05. The Labute approximate surface area is 163 Å². The Kier molecular flexibility index (Phi) is 5.85. The monoisotopic (exact) mass is 385 g/mol. The second-order valence-corrected chi connectivity index (χ2v) is 6.77. The number of nitrogens with zero attached hydrogens (tertiary/aromatic N) is 2. The third-order valence-electron chi connectivity index (χ3n) is 4.46. The van der Waals surface area contributed by atoms with Gasteiger partial charge in [0.05, 0.1) is 19.4 Å². The largest absolute Gasteiger partial charge is 0.488 e. The van der Waals surface area contributed by atoms with Crippen molar-refractivity contribution < 1.29 is 18.9 Å². The summed E-state index contributed by atoms with van der Waals surface area (Å²) < 4.78 is 22.3. The number of methoxy groups -OCH3 is 2. The van der Waals surface area contributed by atoms with Gasteiger partial charge in [0, 0.05) is 31.8 Å². The molecule has 1 atom stereocenters. The minimum Gasteiger partial charge on any atom is -0.488 e. The Hall–Kier alpha value is -3.05. The Bertz CT molecular complexity index is 962. The topological polar surface area (TPSA) is 106 Å². The number of nitrogens with one attached hydrogen (secondary N) is 1. The molecular formula is C20H23N3O5. The van der Waals surface area contributed by atoms with Crippen LogP contribution in [-0.2, 0) is 4.74 Å². The highest BCUT2D eigenvalue weighted by Gasteiger charge is 2.32. The van der Waals surface area contributed by atoms with E-state index in [9.17, 15) is 10.1 Å². The van der Waals surface area contributed by atoms with Crippen molar-refractivity contribution in [2.45, 2.75) is 26.4 Å². The van der Waals surface area contributed by atoms with E-state index in [-0.39, 0.29) is 17.6 Å². The average Bonchev–Trinajstić information content (AvgIpc) is 2.69. The molecule has 8 heteroatoms. The van der Waals surface area contributed by atoms with Gasteiger partial charge in [-0.1, -0.05) is 13.8 Å². The van der Waals surface area contributed by atoms with Crippen molar-refractivity contribution in [3.63, 3.8) is 0 Å². The Morgan fingerprint density at radius 2 is 2.11 bits per heavy atom. The number of aromatic amines is 1. The summed E-state index contributed by atoms with van der Waals surface area (Å²) in [7, 11) is 3.14. The molecule has 0 saturated heterocycles. The molecule has 3 heterocycles. The van der Waals surface area contributed by atoms with Crippen LogP contribution in [0.4, 0.5) is 0 Å². The van der Waals surface area contributed by atoms with Gasteiger partial charge in [-0.05, 0) is 12.0 Å². The van der Waals surface area contributed by atoms with Gasteiger partial charge in [-0.25, -0.2) is 4.98 Å². The first-order valence-corrected chi connectivity index (χ1v) is 9.05. The van der Waals surface area contributed by atoms with Gasteiger partial charge in [-0.2, -0.15) is 5.26 Å². The zero-order valence-corrected chi connectivity index (χ0v) is 16.4. The van der Waals surface area contributed by atoms with E-state index in [0.717, 1.165) is 12.0 Å². The van der Waals surface area contributed by atoms with Crippen LogP contribution in [0.1, 0.15) is 37.5 Å². The first-order chi connectivity index (χ1) is 13.5. The number of fused-ring (bicyclic) bond motifs is 3. The van der Waals surface area contributed by atoms with Crippen LogP contribution in [0.3, 0.4) is 0 Å². The smallest absolute Gasteiger partial charge is 0.266 e. The molecule has 1 aliphatic heterocycles. The van der Waals surface area contributed by atoms with Crippen LogP contribution in [0.5, 0.6) is 17.4 Å². The van der Waals surface area contributed by atoms with Crippen molar-refractivity contribution in [2.75, 3.05) is 27.4 Å². The molecule has 0 aromatic carbocycles. The molecule has 0 bridgehead atoms. The highest BCUT2D eigenvalue weighted by molar-refractivity contribution is 5.71. The molecule has 0 aliphatic carbocycles. The molecule has 0 unspecified atom stereocenters. The van der Waals surface area contributed by atoms with Crippen LogP contribution in [0, 0.1) is 17.2 Å². The maximum atomic E-state index is 12.2. The maximum absolute atomic E-state index is 12.2. The number of nitriles is 1. The molecule has 1 aliphatic rings. The van der Waals surface area contributed by atoms with Gasteiger partial charge in [-0.15, -0.1) is 0 Å². The van der Waals surface area contributed by atoms with Crippen molar-refractivity contribution in [2.24, 2.45) is 5.92 Å². The van der Waals surface area contributed by atoms with E-state index >= 15 is 0 Å². The summed E-state index contributed by atoms with van der Waals surface area (Å²) in [6, 6.07) is 5.22. The van der Waals surface area contributed by atoms with Gasteiger partial charge in [0.1, 0.15) is 23.4 Å². The van der Waals surface area contributed by atoms with E-state index in [1.165, 1.54) is 7.11 Å². The summed E-state index contributed by atoms with van der Waals surface area (Å²) in [5, 5.41) is 9.21. The van der Waals surface area contributed by atoms with Crippen LogP contribution >= 0.6 is 0 Å². The van der Waals surface area contributed by atoms with E-state index < -0.39 is 5.56 Å². The van der Waals surface area contributed by atoms with E-state index in [2.05, 4.69) is 9.97 Å². The summed E-state index contributed by atoms with van der Waals surface area (Å²) in [6.45, 7) is 5.05. The van der Waals surface area contributed by atoms with Crippen molar-refractivity contribution in [1.82, 2.24) is 9.97 Å². The van der Waals surface area contributed by atoms with Crippen molar-refractivity contribution in [3.8, 4) is 34.8 Å². The predicted molar refractivity (Wildman–Crippen MR) is 102 cm³/mol. The summed E-state index contributed by atoms with van der Waals surface area (Å²) in [6.07, 6.45) is 0.391. The number of pyridine rings is 2. The lowest BCUT2D eigenvalue weighted by Crippen LogP contribution is -2.24. The normalized spacial score (nSPS) is 14.6. The molecule has 1 N–H and O–H groups in total. The molecule has 0 amide bonds. The minimum absolute atomic E-state index is 0.0431. The highest BCUT2D eigenvalue weighted by atomic mass is 16.5. The van der Waals surface area contributed by atoms with Gasteiger partial charge in [0.25, 0.3) is 11.4 Å². The van der Waals surface area contributed by atoms with Crippen molar-refractivity contribution >= 4 is 0 Å². The van der Waals surface area contributed by atoms with E-state index in [0.29, 0.717) is 42.0 Å². The summed E-state index contributed by atoms with van der Waals surface area (Å²) in [5.41, 5.74) is 1.29. The maximum Gasteiger partial charge on any atom is 0.266 e. The second kappa shape index (κ2) is 8.31. The lowest BCUT2D eigenvalue weighted by atomic mass is 9.92. The molecule has 148 valence electrons. The van der Waals surface area contributed by atoms with Crippen LogP contribution in [0.15, 0.2) is 16.9 Å². The first kappa shape index (κ1) is 19.7. The molecule has 2 aromatic heterocycles. The molecule has 8 nitrogen and oxygen atoms in total. The fourth-order valence-electron chi connectivity index (χ4n) is 3.11. The van der Waals surface area contributed by atoms with E-state index in [1.54, 1.807) is 19.2 Å². The number of H-pyrrole nitrogens is 1. The molecule has 3 rings (SSSR count). The lowest BCUT2D eigenvalue weighted by molar-refractivity contribution is 0.147. The Morgan fingerprint density at radius 1 is 1.32 bits per heavy atom. The second-order valence-electron chi connectivity index (χ2n) is 6.77. The van der Waals surface area contributed by atoms with Gasteiger partial charge >= 0.3 is 0 Å². The van der Waals surface area contributed by atoms with E-state index in [4.69, 9.17) is 18.9 Å². The standard InChI is InChI=1S/C20H23N3O5/c1-11(2)18-13-8-12(10-21)19(24)22-16(13)17-14(28-18)9-15(20(23-17)26-4)27-7-5-6-25-3/h8-9,11,18H,5-7H2,1-4H3,(H,22,24)/t18-/m1/s1.